The number of aromatic hydroxyl groups is 1. The molecular weight excluding hydrogens is 355 g/mol. The number of nitrogens with zero attached hydrogens (tertiary/aromatic N) is 1. The maximum absolute atomic E-state index is 13.1. The minimum Gasteiger partial charge on any atom is -0.504 e. The Morgan fingerprint density at radius 3 is 2.52 bits per heavy atom. The summed E-state index contributed by atoms with van der Waals surface area (Å²) in [6, 6.07) is 8.12. The molecule has 0 radical (unpaired) electrons. The van der Waals surface area contributed by atoms with Crippen LogP contribution in [0.2, 0.25) is 0 Å². The molecule has 3 rings (SSSR count). The van der Waals surface area contributed by atoms with Crippen LogP contribution >= 0.6 is 0 Å². The number of urea groups is 1. The number of anilines is 1. The fourth-order valence-electron chi connectivity index (χ4n) is 2.54. The zero-order chi connectivity index (χ0) is 19.6. The molecule has 27 heavy (non-hydrogen) atoms. The van der Waals surface area contributed by atoms with Gasteiger partial charge in [0, 0.05) is 0 Å². The largest absolute Gasteiger partial charge is 0.504 e. The van der Waals surface area contributed by atoms with Crippen molar-refractivity contribution in [2.75, 3.05) is 11.5 Å². The van der Waals surface area contributed by atoms with Crippen molar-refractivity contribution >= 4 is 29.6 Å². The minimum absolute atomic E-state index is 0.0819. The number of carbonyl (C=O) groups excluding carboxylic acids is 3. The lowest BCUT2D eigenvalue weighted by Gasteiger charge is -2.26. The van der Waals surface area contributed by atoms with Crippen molar-refractivity contribution in [3.8, 4) is 11.5 Å². The Bertz CT molecular complexity index is 953. The van der Waals surface area contributed by atoms with Gasteiger partial charge in [0.05, 0.1) is 12.3 Å². The number of benzene rings is 2. The summed E-state index contributed by atoms with van der Waals surface area (Å²) in [6.45, 7) is 2.06. The number of nitrogens with one attached hydrogen (secondary N) is 1. The van der Waals surface area contributed by atoms with E-state index < -0.39 is 23.7 Å². The molecule has 1 saturated heterocycles. The molecule has 1 aliphatic heterocycles. The molecular formula is C19H15FN2O5. The van der Waals surface area contributed by atoms with E-state index in [2.05, 4.69) is 5.32 Å². The van der Waals surface area contributed by atoms with E-state index in [4.69, 9.17) is 4.74 Å². The number of phenols is 1. The number of ether oxygens (including phenoxy) is 1. The molecule has 0 aromatic heterocycles. The van der Waals surface area contributed by atoms with Gasteiger partial charge in [0.2, 0.25) is 0 Å². The highest BCUT2D eigenvalue weighted by Gasteiger charge is 2.36. The van der Waals surface area contributed by atoms with Crippen LogP contribution in [-0.2, 0) is 9.59 Å². The van der Waals surface area contributed by atoms with Crippen LogP contribution in [0.15, 0.2) is 48.0 Å². The molecule has 138 valence electrons. The van der Waals surface area contributed by atoms with Gasteiger partial charge in [0.25, 0.3) is 11.8 Å². The van der Waals surface area contributed by atoms with Crippen LogP contribution < -0.4 is 15.0 Å². The van der Waals surface area contributed by atoms with Crippen LogP contribution in [0.4, 0.5) is 14.9 Å². The Kier molecular flexibility index (Phi) is 4.89. The molecule has 0 atom stereocenters. The number of hydrogen-bond acceptors (Lipinski definition) is 5. The van der Waals surface area contributed by atoms with Crippen molar-refractivity contribution in [1.29, 1.82) is 0 Å². The topological polar surface area (TPSA) is 95.9 Å². The van der Waals surface area contributed by atoms with E-state index in [0.717, 1.165) is 17.0 Å². The lowest BCUT2D eigenvalue weighted by Crippen LogP contribution is -2.54. The quantitative estimate of drug-likeness (QED) is 0.637. The molecule has 1 fully saturated rings. The van der Waals surface area contributed by atoms with Gasteiger partial charge in [0.15, 0.2) is 11.5 Å². The number of halogens is 1. The van der Waals surface area contributed by atoms with Gasteiger partial charge in [-0.3, -0.25) is 14.9 Å². The number of hydrogen-bond donors (Lipinski definition) is 2. The smallest absolute Gasteiger partial charge is 0.335 e. The first kappa shape index (κ1) is 18.1. The average Bonchev–Trinajstić information content (AvgIpc) is 2.63. The molecule has 0 bridgehead atoms. The summed E-state index contributed by atoms with van der Waals surface area (Å²) in [4.78, 5) is 37.7. The van der Waals surface area contributed by atoms with Crippen molar-refractivity contribution < 1.29 is 28.6 Å². The van der Waals surface area contributed by atoms with Gasteiger partial charge in [-0.05, 0) is 55.0 Å². The molecule has 0 aliphatic carbocycles. The summed E-state index contributed by atoms with van der Waals surface area (Å²) in [5.41, 5.74) is 0.258. The first-order valence-corrected chi connectivity index (χ1v) is 8.03. The fraction of sp³-hybridized carbons (Fsp3) is 0.105. The van der Waals surface area contributed by atoms with E-state index >= 15 is 0 Å². The van der Waals surface area contributed by atoms with Gasteiger partial charge in [-0.15, -0.1) is 0 Å². The lowest BCUT2D eigenvalue weighted by molar-refractivity contribution is -0.122. The van der Waals surface area contributed by atoms with Crippen molar-refractivity contribution in [3.05, 3.63) is 59.4 Å². The third-order valence-electron chi connectivity index (χ3n) is 3.78. The fourth-order valence-corrected chi connectivity index (χ4v) is 2.54. The van der Waals surface area contributed by atoms with Crippen molar-refractivity contribution in [2.24, 2.45) is 0 Å². The standard InChI is InChI=1S/C19H15FN2O5/c1-2-27-16-10-11(3-8-15(16)23)9-14-17(24)21-19(26)22(18(14)25)13-6-4-12(20)5-7-13/h3-10,23H,2H2,1H3,(H,21,24,26)/b14-9-. The van der Waals surface area contributed by atoms with Crippen molar-refractivity contribution in [3.63, 3.8) is 0 Å². The number of barbiturate groups is 1. The zero-order valence-corrected chi connectivity index (χ0v) is 14.2. The summed E-state index contributed by atoms with van der Waals surface area (Å²) in [5, 5.41) is 11.8. The third-order valence-corrected chi connectivity index (χ3v) is 3.78. The molecule has 4 amide bonds. The zero-order valence-electron chi connectivity index (χ0n) is 14.2. The van der Waals surface area contributed by atoms with Crippen molar-refractivity contribution in [1.82, 2.24) is 5.32 Å². The van der Waals surface area contributed by atoms with Crippen LogP contribution in [-0.4, -0.2) is 29.6 Å². The number of phenolic OH excluding ortho intramolecular Hbond substituents is 1. The van der Waals surface area contributed by atoms with E-state index in [1.165, 1.54) is 36.4 Å². The summed E-state index contributed by atoms with van der Waals surface area (Å²) >= 11 is 0. The number of amides is 4. The van der Waals surface area contributed by atoms with E-state index in [1.807, 2.05) is 0 Å². The van der Waals surface area contributed by atoms with E-state index in [0.29, 0.717) is 12.2 Å². The number of carbonyl (C=O) groups is 3. The van der Waals surface area contributed by atoms with E-state index in [1.54, 1.807) is 6.92 Å². The van der Waals surface area contributed by atoms with Crippen LogP contribution in [0, 0.1) is 5.82 Å². The predicted molar refractivity (Wildman–Crippen MR) is 94.7 cm³/mol. The second-order valence-electron chi connectivity index (χ2n) is 5.59. The maximum Gasteiger partial charge on any atom is 0.335 e. The van der Waals surface area contributed by atoms with Gasteiger partial charge in [-0.2, -0.15) is 0 Å². The Morgan fingerprint density at radius 1 is 1.15 bits per heavy atom. The van der Waals surface area contributed by atoms with Gasteiger partial charge in [-0.25, -0.2) is 14.1 Å². The molecule has 2 N–H and O–H groups in total. The molecule has 1 aliphatic rings. The predicted octanol–water partition coefficient (Wildman–Crippen LogP) is 2.60. The Labute approximate surface area is 153 Å². The van der Waals surface area contributed by atoms with Gasteiger partial charge in [-0.1, -0.05) is 6.07 Å². The monoisotopic (exact) mass is 370 g/mol. The van der Waals surface area contributed by atoms with E-state index in [-0.39, 0.29) is 22.8 Å². The normalized spacial score (nSPS) is 15.9. The highest BCUT2D eigenvalue weighted by molar-refractivity contribution is 6.39. The molecule has 2 aromatic carbocycles. The summed E-state index contributed by atoms with van der Waals surface area (Å²) in [6.07, 6.45) is 1.28. The van der Waals surface area contributed by atoms with Crippen LogP contribution in [0.25, 0.3) is 6.08 Å². The highest BCUT2D eigenvalue weighted by Crippen LogP contribution is 2.29. The molecule has 0 saturated carbocycles. The molecule has 8 heteroatoms. The molecule has 0 spiro atoms. The number of rotatable bonds is 4. The van der Waals surface area contributed by atoms with Crippen LogP contribution in [0.1, 0.15) is 12.5 Å². The second kappa shape index (κ2) is 7.28. The van der Waals surface area contributed by atoms with Crippen molar-refractivity contribution in [2.45, 2.75) is 6.92 Å². The first-order chi connectivity index (χ1) is 12.9. The number of imide groups is 2. The van der Waals surface area contributed by atoms with Gasteiger partial charge < -0.3 is 9.84 Å². The van der Waals surface area contributed by atoms with Crippen LogP contribution in [0.3, 0.4) is 0 Å². The second-order valence-corrected chi connectivity index (χ2v) is 5.59. The lowest BCUT2D eigenvalue weighted by atomic mass is 10.1. The van der Waals surface area contributed by atoms with Crippen LogP contribution in [0.5, 0.6) is 11.5 Å². The molecule has 1 heterocycles. The average molecular weight is 370 g/mol. The highest BCUT2D eigenvalue weighted by atomic mass is 19.1. The summed E-state index contributed by atoms with van der Waals surface area (Å²) in [7, 11) is 0. The minimum atomic E-state index is -0.922. The Morgan fingerprint density at radius 2 is 1.85 bits per heavy atom. The Balaban J connectivity index is 1.99. The molecule has 2 aromatic rings. The maximum atomic E-state index is 13.1. The molecule has 7 nitrogen and oxygen atoms in total. The SMILES string of the molecule is CCOc1cc(/C=C2/C(=O)NC(=O)N(c3ccc(F)cc3)C2=O)ccc1O. The summed E-state index contributed by atoms with van der Waals surface area (Å²) < 4.78 is 18.4. The third kappa shape index (κ3) is 3.64. The van der Waals surface area contributed by atoms with Gasteiger partial charge >= 0.3 is 6.03 Å². The van der Waals surface area contributed by atoms with Gasteiger partial charge in [0.1, 0.15) is 11.4 Å². The Hall–Kier alpha value is -3.68. The van der Waals surface area contributed by atoms with E-state index in [9.17, 15) is 23.9 Å². The first-order valence-electron chi connectivity index (χ1n) is 8.03. The summed E-state index contributed by atoms with van der Waals surface area (Å²) in [5.74, 6) is -2.11. The molecule has 0 unspecified atom stereocenters.